The SMILES string of the molecule is COc1ccc(S(=O)(=O)N2CCC(NS(=O)(=O)c3cc(C)ccc3C)CC2)cc1. The summed E-state index contributed by atoms with van der Waals surface area (Å²) in [7, 11) is -5.75. The minimum absolute atomic E-state index is 0.202. The molecule has 0 aliphatic carbocycles. The molecule has 2 aromatic carbocycles. The molecule has 1 saturated heterocycles. The van der Waals surface area contributed by atoms with Gasteiger partial charge >= 0.3 is 0 Å². The highest BCUT2D eigenvalue weighted by molar-refractivity contribution is 7.89. The van der Waals surface area contributed by atoms with Crippen LogP contribution in [0.2, 0.25) is 0 Å². The molecule has 2 aromatic rings. The summed E-state index contributed by atoms with van der Waals surface area (Å²) in [6, 6.07) is 11.3. The fraction of sp³-hybridized carbons (Fsp3) is 0.400. The summed E-state index contributed by atoms with van der Waals surface area (Å²) in [5.74, 6) is 0.587. The van der Waals surface area contributed by atoms with E-state index in [1.807, 2.05) is 13.0 Å². The Morgan fingerprint density at radius 3 is 2.17 bits per heavy atom. The molecule has 0 radical (unpaired) electrons. The molecule has 0 spiro atoms. The van der Waals surface area contributed by atoms with Gasteiger partial charge in [0.1, 0.15) is 5.75 Å². The molecule has 3 rings (SSSR count). The summed E-state index contributed by atoms with van der Waals surface area (Å²) in [6.07, 6.45) is 0.832. The van der Waals surface area contributed by atoms with Gasteiger partial charge in [0.05, 0.1) is 16.9 Å². The van der Waals surface area contributed by atoms with Crippen LogP contribution in [-0.2, 0) is 20.0 Å². The molecule has 0 aromatic heterocycles. The van der Waals surface area contributed by atoms with Crippen molar-refractivity contribution in [2.45, 2.75) is 42.5 Å². The van der Waals surface area contributed by atoms with Crippen LogP contribution in [0.4, 0.5) is 0 Å². The van der Waals surface area contributed by atoms with Gasteiger partial charge in [0.2, 0.25) is 20.0 Å². The first-order valence-electron chi connectivity index (χ1n) is 9.37. The normalized spacial score (nSPS) is 16.7. The fourth-order valence-corrected chi connectivity index (χ4v) is 6.49. The second-order valence-corrected chi connectivity index (χ2v) is 10.9. The first-order chi connectivity index (χ1) is 13.6. The molecule has 1 heterocycles. The Labute approximate surface area is 172 Å². The maximum Gasteiger partial charge on any atom is 0.243 e. The number of benzene rings is 2. The third-order valence-electron chi connectivity index (χ3n) is 5.11. The quantitative estimate of drug-likeness (QED) is 0.748. The van der Waals surface area contributed by atoms with Gasteiger partial charge in [0.15, 0.2) is 0 Å². The maximum atomic E-state index is 12.8. The van der Waals surface area contributed by atoms with Crippen molar-refractivity contribution in [2.24, 2.45) is 0 Å². The number of sulfonamides is 2. The number of methoxy groups -OCH3 is 1. The number of aryl methyl sites for hydroxylation is 2. The molecule has 0 amide bonds. The van der Waals surface area contributed by atoms with Crippen LogP contribution >= 0.6 is 0 Å². The molecule has 7 nitrogen and oxygen atoms in total. The second-order valence-electron chi connectivity index (χ2n) is 7.24. The van der Waals surface area contributed by atoms with E-state index >= 15 is 0 Å². The highest BCUT2D eigenvalue weighted by Crippen LogP contribution is 2.24. The van der Waals surface area contributed by atoms with Crippen LogP contribution in [-0.4, -0.2) is 47.4 Å². The lowest BCUT2D eigenvalue weighted by molar-refractivity contribution is 0.308. The molecule has 0 atom stereocenters. The van der Waals surface area contributed by atoms with Crippen molar-refractivity contribution >= 4 is 20.0 Å². The number of rotatable bonds is 6. The van der Waals surface area contributed by atoms with E-state index in [4.69, 9.17) is 4.74 Å². The monoisotopic (exact) mass is 438 g/mol. The smallest absolute Gasteiger partial charge is 0.243 e. The maximum absolute atomic E-state index is 12.8. The molecule has 158 valence electrons. The van der Waals surface area contributed by atoms with Crippen molar-refractivity contribution in [1.82, 2.24) is 9.03 Å². The van der Waals surface area contributed by atoms with Crippen LogP contribution < -0.4 is 9.46 Å². The van der Waals surface area contributed by atoms with Gasteiger partial charge in [0.25, 0.3) is 0 Å². The zero-order valence-corrected chi connectivity index (χ0v) is 18.4. The highest BCUT2D eigenvalue weighted by Gasteiger charge is 2.31. The van der Waals surface area contributed by atoms with E-state index in [2.05, 4.69) is 4.72 Å². The Morgan fingerprint density at radius 2 is 1.59 bits per heavy atom. The van der Waals surface area contributed by atoms with Gasteiger partial charge in [-0.15, -0.1) is 0 Å². The van der Waals surface area contributed by atoms with Crippen LogP contribution in [0, 0.1) is 13.8 Å². The van der Waals surface area contributed by atoms with Gasteiger partial charge in [-0.3, -0.25) is 0 Å². The molecular formula is C20H26N2O5S2. The summed E-state index contributed by atoms with van der Waals surface area (Å²) in [4.78, 5) is 0.471. The minimum atomic E-state index is -3.66. The summed E-state index contributed by atoms with van der Waals surface area (Å²) in [5.41, 5.74) is 1.55. The zero-order chi connectivity index (χ0) is 21.2. The molecule has 9 heteroatoms. The molecule has 1 aliphatic heterocycles. The predicted molar refractivity (Wildman–Crippen MR) is 111 cm³/mol. The van der Waals surface area contributed by atoms with Crippen LogP contribution in [0.15, 0.2) is 52.3 Å². The largest absolute Gasteiger partial charge is 0.497 e. The lowest BCUT2D eigenvalue weighted by atomic mass is 10.1. The lowest BCUT2D eigenvalue weighted by Crippen LogP contribution is -2.46. The van der Waals surface area contributed by atoms with Crippen LogP contribution in [0.3, 0.4) is 0 Å². The van der Waals surface area contributed by atoms with Crippen molar-refractivity contribution in [3.8, 4) is 5.75 Å². The van der Waals surface area contributed by atoms with E-state index in [-0.39, 0.29) is 28.9 Å². The van der Waals surface area contributed by atoms with Crippen molar-refractivity contribution in [1.29, 1.82) is 0 Å². The van der Waals surface area contributed by atoms with Crippen molar-refractivity contribution in [2.75, 3.05) is 20.2 Å². The third kappa shape index (κ3) is 4.80. The van der Waals surface area contributed by atoms with Gasteiger partial charge < -0.3 is 4.74 Å². The first kappa shape index (κ1) is 21.8. The highest BCUT2D eigenvalue weighted by atomic mass is 32.2. The standard InChI is InChI=1S/C20H26N2O5S2/c1-15-4-5-16(2)20(14-15)28(23,24)21-17-10-12-22(13-11-17)29(25,26)19-8-6-18(27-3)7-9-19/h4-9,14,17,21H,10-13H2,1-3H3. The first-order valence-corrected chi connectivity index (χ1v) is 12.3. The Hall–Kier alpha value is -1.94. The Morgan fingerprint density at radius 1 is 0.966 bits per heavy atom. The third-order valence-corrected chi connectivity index (χ3v) is 8.68. The summed E-state index contributed by atoms with van der Waals surface area (Å²) in [6.45, 7) is 4.13. The molecule has 1 N–H and O–H groups in total. The molecule has 29 heavy (non-hydrogen) atoms. The van der Waals surface area contributed by atoms with Crippen molar-refractivity contribution in [3.63, 3.8) is 0 Å². The number of nitrogens with zero attached hydrogens (tertiary/aromatic N) is 1. The van der Waals surface area contributed by atoms with E-state index in [1.165, 1.54) is 23.5 Å². The summed E-state index contributed by atoms with van der Waals surface area (Å²) >= 11 is 0. The topological polar surface area (TPSA) is 92.8 Å². The summed E-state index contributed by atoms with van der Waals surface area (Å²) < 4.78 is 60.4. The minimum Gasteiger partial charge on any atom is -0.497 e. The van der Waals surface area contributed by atoms with E-state index in [9.17, 15) is 16.8 Å². The van der Waals surface area contributed by atoms with E-state index in [1.54, 1.807) is 31.2 Å². The van der Waals surface area contributed by atoms with Crippen LogP contribution in [0.5, 0.6) is 5.75 Å². The van der Waals surface area contributed by atoms with Crippen molar-refractivity contribution in [3.05, 3.63) is 53.6 Å². The molecular weight excluding hydrogens is 412 g/mol. The Bertz CT molecular complexity index is 1070. The van der Waals surface area contributed by atoms with E-state index in [0.29, 0.717) is 24.2 Å². The second kappa shape index (κ2) is 8.43. The van der Waals surface area contributed by atoms with E-state index < -0.39 is 20.0 Å². The number of piperidine rings is 1. The molecule has 0 saturated carbocycles. The van der Waals surface area contributed by atoms with Crippen LogP contribution in [0.25, 0.3) is 0 Å². The Kier molecular flexibility index (Phi) is 6.33. The number of ether oxygens (including phenoxy) is 1. The molecule has 1 aliphatic rings. The van der Waals surface area contributed by atoms with Gasteiger partial charge in [-0.2, -0.15) is 4.31 Å². The average molecular weight is 439 g/mol. The Balaban J connectivity index is 1.67. The van der Waals surface area contributed by atoms with Gasteiger partial charge in [-0.1, -0.05) is 12.1 Å². The van der Waals surface area contributed by atoms with Gasteiger partial charge in [0, 0.05) is 19.1 Å². The number of nitrogens with one attached hydrogen (secondary N) is 1. The van der Waals surface area contributed by atoms with E-state index in [0.717, 1.165) is 5.56 Å². The molecule has 0 bridgehead atoms. The van der Waals surface area contributed by atoms with Crippen LogP contribution in [0.1, 0.15) is 24.0 Å². The lowest BCUT2D eigenvalue weighted by Gasteiger charge is -2.31. The molecule has 1 fully saturated rings. The van der Waals surface area contributed by atoms with Gasteiger partial charge in [-0.05, 0) is 68.1 Å². The average Bonchev–Trinajstić information content (AvgIpc) is 2.70. The predicted octanol–water partition coefficient (Wildman–Crippen LogP) is 2.44. The fourth-order valence-electron chi connectivity index (χ4n) is 3.39. The molecule has 0 unspecified atom stereocenters. The number of hydrogen-bond donors (Lipinski definition) is 1. The van der Waals surface area contributed by atoms with Gasteiger partial charge in [-0.25, -0.2) is 21.6 Å². The summed E-state index contributed by atoms with van der Waals surface area (Å²) in [5, 5.41) is 0. The van der Waals surface area contributed by atoms with Crippen molar-refractivity contribution < 1.29 is 21.6 Å². The zero-order valence-electron chi connectivity index (χ0n) is 16.8. The number of hydrogen-bond acceptors (Lipinski definition) is 5.